The number of aliphatic imine (C=N–C) groups is 1. The number of hydrogen-bond donors (Lipinski definition) is 1. The summed E-state index contributed by atoms with van der Waals surface area (Å²) < 4.78 is 18.6. The molecule has 0 spiro atoms. The van der Waals surface area contributed by atoms with E-state index in [9.17, 15) is 14.0 Å². The number of hydrogen-bond acceptors (Lipinski definition) is 5. The van der Waals surface area contributed by atoms with Gasteiger partial charge in [-0.05, 0) is 50.2 Å². The number of nitrogens with one attached hydrogen (secondary N) is 1. The van der Waals surface area contributed by atoms with Crippen LogP contribution < -0.4 is 10.1 Å². The van der Waals surface area contributed by atoms with E-state index >= 15 is 0 Å². The van der Waals surface area contributed by atoms with Crippen LogP contribution in [0.3, 0.4) is 0 Å². The van der Waals surface area contributed by atoms with E-state index in [4.69, 9.17) is 4.74 Å². The van der Waals surface area contributed by atoms with Gasteiger partial charge in [0.05, 0.1) is 12.3 Å². The molecule has 0 aliphatic carbocycles. The molecular weight excluding hydrogens is 393 g/mol. The first-order valence-electron chi connectivity index (χ1n) is 9.35. The summed E-state index contributed by atoms with van der Waals surface area (Å²) >= 11 is 1.23. The summed E-state index contributed by atoms with van der Waals surface area (Å²) in [7, 11) is 0. The van der Waals surface area contributed by atoms with Crippen LogP contribution in [0.2, 0.25) is 0 Å². The lowest BCUT2D eigenvalue weighted by atomic mass is 10.2. The first-order valence-corrected chi connectivity index (χ1v) is 10.2. The third kappa shape index (κ3) is 5.35. The Hall–Kier alpha value is -2.87. The number of benzene rings is 2. The molecule has 0 bridgehead atoms. The quantitative estimate of drug-likeness (QED) is 0.767. The van der Waals surface area contributed by atoms with Gasteiger partial charge < -0.3 is 10.1 Å². The molecule has 1 aliphatic rings. The predicted octanol–water partition coefficient (Wildman–Crippen LogP) is 4.20. The molecule has 29 heavy (non-hydrogen) atoms. The average Bonchev–Trinajstić information content (AvgIpc) is 2.70. The first kappa shape index (κ1) is 20.9. The van der Waals surface area contributed by atoms with Crippen molar-refractivity contribution in [2.75, 3.05) is 18.5 Å². The summed E-state index contributed by atoms with van der Waals surface area (Å²) in [5, 5.41) is 2.66. The molecule has 3 rings (SSSR count). The molecule has 8 heteroatoms. The van der Waals surface area contributed by atoms with Crippen LogP contribution in [0.15, 0.2) is 53.5 Å². The molecule has 1 N–H and O–H groups in total. The number of thioether (sulfide) groups is 1. The van der Waals surface area contributed by atoms with E-state index in [0.717, 1.165) is 0 Å². The van der Waals surface area contributed by atoms with Crippen molar-refractivity contribution in [2.45, 2.75) is 25.5 Å². The van der Waals surface area contributed by atoms with Gasteiger partial charge in [0.25, 0.3) is 0 Å². The van der Waals surface area contributed by atoms with Crippen molar-refractivity contribution >= 4 is 40.1 Å². The molecule has 1 fully saturated rings. The number of halogens is 1. The van der Waals surface area contributed by atoms with Crippen molar-refractivity contribution < 1.29 is 18.7 Å². The number of carbonyl (C=O) groups excluding carboxylic acids is 2. The van der Waals surface area contributed by atoms with Crippen molar-refractivity contribution in [3.8, 4) is 5.75 Å². The fourth-order valence-electron chi connectivity index (χ4n) is 2.83. The fourth-order valence-corrected chi connectivity index (χ4v) is 3.99. The third-order valence-electron chi connectivity index (χ3n) is 4.21. The minimum absolute atomic E-state index is 0.0813. The van der Waals surface area contributed by atoms with Gasteiger partial charge in [-0.1, -0.05) is 17.8 Å². The number of anilines is 1. The highest BCUT2D eigenvalue weighted by Gasteiger charge is 2.35. The average molecular weight is 415 g/mol. The summed E-state index contributed by atoms with van der Waals surface area (Å²) in [5.74, 6) is -0.150. The normalized spacial score (nSPS) is 18.0. The summed E-state index contributed by atoms with van der Waals surface area (Å²) in [6.07, 6.45) is 0.0813. The molecule has 0 aromatic heterocycles. The lowest BCUT2D eigenvalue weighted by Gasteiger charge is -2.30. The van der Waals surface area contributed by atoms with Crippen LogP contribution in [0, 0.1) is 5.82 Å². The Morgan fingerprint density at radius 1 is 1.28 bits per heavy atom. The molecule has 1 aliphatic heterocycles. The topological polar surface area (TPSA) is 71.0 Å². The van der Waals surface area contributed by atoms with Gasteiger partial charge in [0, 0.05) is 24.7 Å². The molecule has 0 unspecified atom stereocenters. The molecule has 0 radical (unpaired) electrons. The smallest absolute Gasteiger partial charge is 0.238 e. The number of amidine groups is 1. The van der Waals surface area contributed by atoms with Gasteiger partial charge in [0.1, 0.15) is 16.8 Å². The maximum atomic E-state index is 13.1. The Morgan fingerprint density at radius 3 is 2.72 bits per heavy atom. The van der Waals surface area contributed by atoms with Crippen molar-refractivity contribution in [1.29, 1.82) is 0 Å². The van der Waals surface area contributed by atoms with Gasteiger partial charge in [-0.3, -0.25) is 14.5 Å². The van der Waals surface area contributed by atoms with Gasteiger partial charge in [-0.15, -0.1) is 0 Å². The van der Waals surface area contributed by atoms with Crippen molar-refractivity contribution in [3.63, 3.8) is 0 Å². The number of amides is 2. The van der Waals surface area contributed by atoms with Crippen LogP contribution in [-0.2, 0) is 9.59 Å². The predicted molar refractivity (Wildman–Crippen MR) is 113 cm³/mol. The van der Waals surface area contributed by atoms with Crippen molar-refractivity contribution in [3.05, 3.63) is 54.3 Å². The van der Waals surface area contributed by atoms with E-state index in [1.807, 2.05) is 19.9 Å². The Bertz CT molecular complexity index is 918. The number of rotatable bonds is 6. The highest BCUT2D eigenvalue weighted by molar-refractivity contribution is 8.15. The highest BCUT2D eigenvalue weighted by atomic mass is 32.2. The zero-order valence-corrected chi connectivity index (χ0v) is 17.0. The fraction of sp³-hybridized carbons (Fsp3) is 0.286. The molecule has 6 nitrogen and oxygen atoms in total. The Kier molecular flexibility index (Phi) is 6.87. The zero-order chi connectivity index (χ0) is 20.8. The lowest BCUT2D eigenvalue weighted by molar-refractivity contribution is -0.129. The number of ether oxygens (including phenoxy) is 1. The maximum absolute atomic E-state index is 13.1. The molecular formula is C21H22FN3O3S. The molecule has 0 saturated carbocycles. The summed E-state index contributed by atoms with van der Waals surface area (Å²) in [5.41, 5.74) is 1.12. The minimum Gasteiger partial charge on any atom is -0.494 e. The Morgan fingerprint density at radius 2 is 2.03 bits per heavy atom. The lowest BCUT2D eigenvalue weighted by Crippen LogP contribution is -2.45. The molecule has 1 atom stereocenters. The maximum Gasteiger partial charge on any atom is 0.238 e. The second-order valence-electron chi connectivity index (χ2n) is 6.27. The van der Waals surface area contributed by atoms with E-state index in [2.05, 4.69) is 10.3 Å². The van der Waals surface area contributed by atoms with Crippen LogP contribution in [0.4, 0.5) is 15.8 Å². The zero-order valence-electron chi connectivity index (χ0n) is 16.2. The SMILES string of the molecule is CCOc1cccc(NC(=O)[C@H]2CC(=O)N(CC)C(=Nc3ccc(F)cc3)S2)c1. The van der Waals surface area contributed by atoms with E-state index in [0.29, 0.717) is 35.4 Å². The van der Waals surface area contributed by atoms with Gasteiger partial charge in [0.15, 0.2) is 5.17 Å². The van der Waals surface area contributed by atoms with Crippen LogP contribution >= 0.6 is 11.8 Å². The summed E-state index contributed by atoms with van der Waals surface area (Å²) in [6.45, 7) is 4.70. The molecule has 1 heterocycles. The Labute approximate surface area is 173 Å². The molecule has 152 valence electrons. The third-order valence-corrected chi connectivity index (χ3v) is 5.40. The largest absolute Gasteiger partial charge is 0.494 e. The van der Waals surface area contributed by atoms with Gasteiger partial charge in [-0.25, -0.2) is 9.38 Å². The highest BCUT2D eigenvalue weighted by Crippen LogP contribution is 2.30. The van der Waals surface area contributed by atoms with Crippen LogP contribution in [0.1, 0.15) is 20.3 Å². The van der Waals surface area contributed by atoms with E-state index in [1.165, 1.54) is 40.9 Å². The summed E-state index contributed by atoms with van der Waals surface area (Å²) in [6, 6.07) is 12.8. The molecule has 2 amide bonds. The Balaban J connectivity index is 1.77. The van der Waals surface area contributed by atoms with Crippen LogP contribution in [0.25, 0.3) is 0 Å². The van der Waals surface area contributed by atoms with E-state index in [-0.39, 0.29) is 24.1 Å². The summed E-state index contributed by atoms with van der Waals surface area (Å²) in [4.78, 5) is 31.3. The van der Waals surface area contributed by atoms with E-state index < -0.39 is 5.25 Å². The van der Waals surface area contributed by atoms with E-state index in [1.54, 1.807) is 18.2 Å². The molecule has 1 saturated heterocycles. The number of carbonyl (C=O) groups is 2. The molecule has 2 aromatic rings. The standard InChI is InChI=1S/C21H22FN3O3S/c1-3-25-19(26)13-18(29-21(25)24-15-10-8-14(22)9-11-15)20(27)23-16-6-5-7-17(12-16)28-4-2/h5-12,18H,3-4,13H2,1-2H3,(H,23,27)/t18-/m1/s1. The van der Waals surface area contributed by atoms with Gasteiger partial charge in [-0.2, -0.15) is 0 Å². The second kappa shape index (κ2) is 9.56. The van der Waals surface area contributed by atoms with Crippen LogP contribution in [0.5, 0.6) is 5.75 Å². The monoisotopic (exact) mass is 415 g/mol. The molecule has 2 aromatic carbocycles. The van der Waals surface area contributed by atoms with Crippen molar-refractivity contribution in [2.24, 2.45) is 4.99 Å². The minimum atomic E-state index is -0.611. The van der Waals surface area contributed by atoms with Crippen LogP contribution in [-0.4, -0.2) is 40.3 Å². The van der Waals surface area contributed by atoms with Gasteiger partial charge in [0.2, 0.25) is 11.8 Å². The second-order valence-corrected chi connectivity index (χ2v) is 7.44. The first-order chi connectivity index (χ1) is 14.0. The van der Waals surface area contributed by atoms with Gasteiger partial charge >= 0.3 is 0 Å². The number of nitrogens with zero attached hydrogens (tertiary/aromatic N) is 2. The van der Waals surface area contributed by atoms with Crippen molar-refractivity contribution in [1.82, 2.24) is 4.90 Å².